The van der Waals surface area contributed by atoms with Crippen molar-refractivity contribution < 1.29 is 38.6 Å². The predicted molar refractivity (Wildman–Crippen MR) is 156 cm³/mol. The van der Waals surface area contributed by atoms with Crippen molar-refractivity contribution in [3.05, 3.63) is 47.5 Å². The van der Waals surface area contributed by atoms with E-state index in [-0.39, 0.29) is 22.6 Å². The van der Waals surface area contributed by atoms with Crippen molar-refractivity contribution in [1.29, 1.82) is 0 Å². The molecule has 222 valence electrons. The smallest absolute Gasteiger partial charge is 0.396 e. The number of hydrogen-bond donors (Lipinski definition) is 5. The van der Waals surface area contributed by atoms with E-state index in [1.807, 2.05) is 41.5 Å². The van der Waals surface area contributed by atoms with E-state index in [4.69, 9.17) is 5.11 Å². The van der Waals surface area contributed by atoms with Crippen LogP contribution in [-0.4, -0.2) is 47.8 Å². The standard InChI is InChI=1S/C15H20N2O4.C14H18N2O4/c1-9(18)16-10-6-7-11(15(2,3)4)12(8-10)17-13(19)14(20)21-5;1-8(17)15-9-5-6-10(14(2,3)4)11(7-9)16-12(18)13(19)20/h6-8H,1-5H3,(H,16,18)(H,17,19);5-7H,1-4H3,(H,15,17)(H,16,18)(H,19,20). The summed E-state index contributed by atoms with van der Waals surface area (Å²) in [5.41, 5.74) is 2.96. The first-order valence-electron chi connectivity index (χ1n) is 12.5. The molecule has 5 N–H and O–H groups in total. The van der Waals surface area contributed by atoms with Crippen LogP contribution in [0.4, 0.5) is 22.7 Å². The molecule has 0 heterocycles. The van der Waals surface area contributed by atoms with Gasteiger partial charge in [0, 0.05) is 36.6 Å². The Balaban J connectivity index is 0.000000410. The monoisotopic (exact) mass is 570 g/mol. The molecule has 41 heavy (non-hydrogen) atoms. The fraction of sp³-hybridized carbons (Fsp3) is 0.379. The number of rotatable bonds is 4. The Kier molecular flexibility index (Phi) is 11.8. The van der Waals surface area contributed by atoms with Gasteiger partial charge < -0.3 is 31.1 Å². The van der Waals surface area contributed by atoms with Gasteiger partial charge in [-0.15, -0.1) is 0 Å². The van der Waals surface area contributed by atoms with Crippen LogP contribution in [0.3, 0.4) is 0 Å². The van der Waals surface area contributed by atoms with Gasteiger partial charge in [-0.25, -0.2) is 9.59 Å². The molecule has 4 amide bonds. The van der Waals surface area contributed by atoms with Gasteiger partial charge in [0.25, 0.3) is 0 Å². The van der Waals surface area contributed by atoms with Crippen LogP contribution in [0.1, 0.15) is 66.5 Å². The Labute approximate surface area is 239 Å². The molecule has 0 aliphatic rings. The number of carboxylic acid groups (broad SMARTS) is 1. The van der Waals surface area contributed by atoms with Crippen LogP contribution in [0.15, 0.2) is 36.4 Å². The molecule has 0 bridgehead atoms. The fourth-order valence-electron chi connectivity index (χ4n) is 3.61. The van der Waals surface area contributed by atoms with E-state index in [1.165, 1.54) is 13.8 Å². The molecule has 0 fully saturated rings. The number of benzene rings is 2. The third-order valence-corrected chi connectivity index (χ3v) is 5.36. The first-order valence-corrected chi connectivity index (χ1v) is 12.5. The molecular formula is C29H38N4O8. The Hall–Kier alpha value is -4.74. The molecule has 0 atom stereocenters. The van der Waals surface area contributed by atoms with Crippen molar-refractivity contribution in [3.63, 3.8) is 0 Å². The van der Waals surface area contributed by atoms with Gasteiger partial charge in [-0.3, -0.25) is 19.2 Å². The van der Waals surface area contributed by atoms with Crippen LogP contribution < -0.4 is 21.3 Å². The zero-order chi connectivity index (χ0) is 31.7. The summed E-state index contributed by atoms with van der Waals surface area (Å²) in [7, 11) is 1.14. The van der Waals surface area contributed by atoms with E-state index < -0.39 is 23.8 Å². The van der Waals surface area contributed by atoms with Crippen LogP contribution in [-0.2, 0) is 44.3 Å². The number of aliphatic carboxylic acids is 1. The Bertz CT molecular complexity index is 1340. The molecule has 2 aromatic rings. The largest absolute Gasteiger partial charge is 0.474 e. The molecule has 0 saturated carbocycles. The van der Waals surface area contributed by atoms with E-state index in [0.717, 1.165) is 18.2 Å². The van der Waals surface area contributed by atoms with Gasteiger partial charge >= 0.3 is 23.8 Å². The molecule has 0 aliphatic heterocycles. The van der Waals surface area contributed by atoms with Crippen molar-refractivity contribution in [2.75, 3.05) is 28.4 Å². The summed E-state index contributed by atoms with van der Waals surface area (Å²) >= 11 is 0. The molecule has 12 nitrogen and oxygen atoms in total. The summed E-state index contributed by atoms with van der Waals surface area (Å²) in [4.78, 5) is 67.0. The number of amides is 4. The van der Waals surface area contributed by atoms with E-state index in [0.29, 0.717) is 22.7 Å². The zero-order valence-corrected chi connectivity index (χ0v) is 24.8. The van der Waals surface area contributed by atoms with Crippen molar-refractivity contribution in [2.24, 2.45) is 0 Å². The molecule has 2 rings (SSSR count). The van der Waals surface area contributed by atoms with Gasteiger partial charge in [0.1, 0.15) is 0 Å². The SMILES string of the molecule is CC(=O)Nc1ccc(C(C)(C)C)c(NC(=O)C(=O)O)c1.COC(=O)C(=O)Nc1cc(NC(C)=O)ccc1C(C)(C)C. The van der Waals surface area contributed by atoms with Crippen LogP contribution in [0, 0.1) is 0 Å². The number of carbonyl (C=O) groups is 6. The minimum atomic E-state index is -1.56. The van der Waals surface area contributed by atoms with Crippen LogP contribution >= 0.6 is 0 Å². The maximum absolute atomic E-state index is 11.7. The number of ether oxygens (including phenoxy) is 1. The summed E-state index contributed by atoms with van der Waals surface area (Å²) in [5, 5.41) is 18.7. The molecule has 0 spiro atoms. The lowest BCUT2D eigenvalue weighted by molar-refractivity contribution is -0.150. The fourth-order valence-corrected chi connectivity index (χ4v) is 3.61. The quantitative estimate of drug-likeness (QED) is 0.270. The topological polar surface area (TPSA) is 180 Å². The van der Waals surface area contributed by atoms with Crippen molar-refractivity contribution in [1.82, 2.24) is 0 Å². The van der Waals surface area contributed by atoms with Gasteiger partial charge in [0.2, 0.25) is 11.8 Å². The zero-order valence-electron chi connectivity index (χ0n) is 24.8. The number of carboxylic acids is 1. The van der Waals surface area contributed by atoms with Crippen LogP contribution in [0.2, 0.25) is 0 Å². The summed E-state index contributed by atoms with van der Waals surface area (Å²) in [6.45, 7) is 14.5. The normalized spacial score (nSPS) is 10.8. The Morgan fingerprint density at radius 2 is 1.00 bits per heavy atom. The van der Waals surface area contributed by atoms with Gasteiger partial charge in [-0.2, -0.15) is 0 Å². The highest BCUT2D eigenvalue weighted by Gasteiger charge is 2.23. The molecular weight excluding hydrogens is 532 g/mol. The van der Waals surface area contributed by atoms with Gasteiger partial charge in [-0.05, 0) is 46.2 Å². The average molecular weight is 571 g/mol. The molecule has 2 aromatic carbocycles. The van der Waals surface area contributed by atoms with E-state index in [9.17, 15) is 28.8 Å². The van der Waals surface area contributed by atoms with Crippen LogP contribution in [0.5, 0.6) is 0 Å². The lowest BCUT2D eigenvalue weighted by atomic mass is 9.85. The van der Waals surface area contributed by atoms with Crippen LogP contribution in [0.25, 0.3) is 0 Å². The highest BCUT2D eigenvalue weighted by atomic mass is 16.5. The molecule has 12 heteroatoms. The molecule has 0 aromatic heterocycles. The van der Waals surface area contributed by atoms with E-state index >= 15 is 0 Å². The first kappa shape index (κ1) is 34.3. The molecule has 0 saturated heterocycles. The molecule has 0 unspecified atom stereocenters. The second-order valence-electron chi connectivity index (χ2n) is 11.1. The maximum atomic E-state index is 11.7. The van der Waals surface area contributed by atoms with Gasteiger partial charge in [0.05, 0.1) is 7.11 Å². The van der Waals surface area contributed by atoms with E-state index in [2.05, 4.69) is 26.0 Å². The number of anilines is 4. The van der Waals surface area contributed by atoms with Crippen molar-refractivity contribution in [3.8, 4) is 0 Å². The maximum Gasteiger partial charge on any atom is 0.396 e. The Morgan fingerprint density at radius 3 is 1.29 bits per heavy atom. The second kappa shape index (κ2) is 14.1. The summed E-state index contributed by atoms with van der Waals surface area (Å²) < 4.78 is 4.38. The highest BCUT2D eigenvalue weighted by molar-refractivity contribution is 6.37. The summed E-state index contributed by atoms with van der Waals surface area (Å²) in [5.74, 6) is -4.97. The molecule has 0 aliphatic carbocycles. The average Bonchev–Trinajstić information content (AvgIpc) is 2.81. The molecule has 0 radical (unpaired) electrons. The minimum absolute atomic E-state index is 0.219. The number of methoxy groups -OCH3 is 1. The third kappa shape index (κ3) is 11.1. The number of esters is 1. The van der Waals surface area contributed by atoms with Gasteiger partial charge in [0.15, 0.2) is 0 Å². The summed E-state index contributed by atoms with van der Waals surface area (Å²) in [6, 6.07) is 10.2. The predicted octanol–water partition coefficient (Wildman–Crippen LogP) is 4.02. The lowest BCUT2D eigenvalue weighted by Gasteiger charge is -2.23. The number of hydrogen-bond acceptors (Lipinski definition) is 7. The summed E-state index contributed by atoms with van der Waals surface area (Å²) in [6.07, 6.45) is 0. The van der Waals surface area contributed by atoms with E-state index in [1.54, 1.807) is 36.4 Å². The highest BCUT2D eigenvalue weighted by Crippen LogP contribution is 2.33. The van der Waals surface area contributed by atoms with Crippen molar-refractivity contribution in [2.45, 2.75) is 66.2 Å². The lowest BCUT2D eigenvalue weighted by Crippen LogP contribution is -2.26. The Morgan fingerprint density at radius 1 is 0.634 bits per heavy atom. The number of nitrogens with one attached hydrogen (secondary N) is 4. The number of carbonyl (C=O) groups excluding carboxylic acids is 5. The second-order valence-corrected chi connectivity index (χ2v) is 11.1. The first-order chi connectivity index (χ1) is 18.8. The van der Waals surface area contributed by atoms with Crippen molar-refractivity contribution >= 4 is 58.3 Å². The minimum Gasteiger partial charge on any atom is -0.474 e. The third-order valence-electron chi connectivity index (χ3n) is 5.36. The van der Waals surface area contributed by atoms with Gasteiger partial charge in [-0.1, -0.05) is 53.7 Å².